The fraction of sp³-hybridized carbons (Fsp3) is 0.588. The highest BCUT2D eigenvalue weighted by molar-refractivity contribution is 14.0. The predicted octanol–water partition coefficient (Wildman–Crippen LogP) is 3.65. The predicted molar refractivity (Wildman–Crippen MR) is 113 cm³/mol. The van der Waals surface area contributed by atoms with Crippen LogP contribution in [0, 0.1) is 0 Å². The van der Waals surface area contributed by atoms with Gasteiger partial charge in [-0.25, -0.2) is 4.99 Å². The number of hydrogen-bond donors (Lipinski definition) is 2. The SMILES string of the molecule is CCNC(=NCc1cccc(COC)c1)NCCCCSC.I. The maximum Gasteiger partial charge on any atom is 0.191 e. The molecule has 1 aromatic rings. The first kappa shape index (κ1) is 22.5. The molecule has 0 aliphatic carbocycles. The van der Waals surface area contributed by atoms with Gasteiger partial charge in [-0.1, -0.05) is 24.3 Å². The van der Waals surface area contributed by atoms with Gasteiger partial charge in [-0.05, 0) is 42.9 Å². The van der Waals surface area contributed by atoms with Gasteiger partial charge in [-0.2, -0.15) is 11.8 Å². The van der Waals surface area contributed by atoms with Crippen molar-refractivity contribution in [1.82, 2.24) is 10.6 Å². The molecule has 0 atom stereocenters. The van der Waals surface area contributed by atoms with E-state index in [1.165, 1.54) is 29.7 Å². The molecule has 6 heteroatoms. The molecule has 0 saturated carbocycles. The van der Waals surface area contributed by atoms with Crippen molar-refractivity contribution in [3.63, 3.8) is 0 Å². The summed E-state index contributed by atoms with van der Waals surface area (Å²) in [5.41, 5.74) is 2.39. The van der Waals surface area contributed by atoms with Gasteiger partial charge in [0.25, 0.3) is 0 Å². The number of aliphatic imine (C=N–C) groups is 1. The number of methoxy groups -OCH3 is 1. The van der Waals surface area contributed by atoms with Crippen LogP contribution in [-0.2, 0) is 17.9 Å². The molecule has 0 bridgehead atoms. The molecule has 0 radical (unpaired) electrons. The molecule has 0 aliphatic rings. The van der Waals surface area contributed by atoms with E-state index in [-0.39, 0.29) is 24.0 Å². The van der Waals surface area contributed by atoms with Crippen molar-refractivity contribution in [2.24, 2.45) is 4.99 Å². The molecule has 1 rings (SSSR count). The summed E-state index contributed by atoms with van der Waals surface area (Å²) in [5, 5.41) is 6.69. The summed E-state index contributed by atoms with van der Waals surface area (Å²) in [6, 6.07) is 8.38. The zero-order valence-electron chi connectivity index (χ0n) is 14.4. The highest BCUT2D eigenvalue weighted by Crippen LogP contribution is 2.07. The van der Waals surface area contributed by atoms with Crippen molar-refractivity contribution in [2.75, 3.05) is 32.2 Å². The van der Waals surface area contributed by atoms with Crippen LogP contribution in [-0.4, -0.2) is 38.2 Å². The highest BCUT2D eigenvalue weighted by Gasteiger charge is 1.99. The quantitative estimate of drug-likeness (QED) is 0.247. The van der Waals surface area contributed by atoms with Crippen molar-refractivity contribution in [1.29, 1.82) is 0 Å². The zero-order chi connectivity index (χ0) is 16.0. The molecule has 0 heterocycles. The second-order valence-electron chi connectivity index (χ2n) is 5.07. The number of hydrogen-bond acceptors (Lipinski definition) is 3. The maximum atomic E-state index is 5.17. The van der Waals surface area contributed by atoms with Gasteiger partial charge in [0, 0.05) is 20.2 Å². The zero-order valence-corrected chi connectivity index (χ0v) is 17.6. The third-order valence-corrected chi connectivity index (χ3v) is 3.83. The van der Waals surface area contributed by atoms with E-state index in [2.05, 4.69) is 53.1 Å². The molecule has 2 N–H and O–H groups in total. The fourth-order valence-electron chi connectivity index (χ4n) is 2.07. The average molecular weight is 451 g/mol. The van der Waals surface area contributed by atoms with E-state index in [1.807, 2.05) is 11.8 Å². The van der Waals surface area contributed by atoms with Crippen molar-refractivity contribution < 1.29 is 4.74 Å². The van der Waals surface area contributed by atoms with Gasteiger partial charge in [-0.3, -0.25) is 0 Å². The number of thioether (sulfide) groups is 1. The van der Waals surface area contributed by atoms with E-state index >= 15 is 0 Å². The lowest BCUT2D eigenvalue weighted by Gasteiger charge is -2.11. The van der Waals surface area contributed by atoms with Gasteiger partial charge in [0.2, 0.25) is 0 Å². The molecule has 0 unspecified atom stereocenters. The van der Waals surface area contributed by atoms with E-state index in [0.717, 1.165) is 19.0 Å². The molecule has 0 fully saturated rings. The van der Waals surface area contributed by atoms with Crippen LogP contribution in [0.15, 0.2) is 29.3 Å². The van der Waals surface area contributed by atoms with Gasteiger partial charge in [0.05, 0.1) is 13.2 Å². The Balaban J connectivity index is 0.00000484. The van der Waals surface area contributed by atoms with Gasteiger partial charge < -0.3 is 15.4 Å². The summed E-state index contributed by atoms with van der Waals surface area (Å²) in [7, 11) is 1.72. The number of rotatable bonds is 10. The van der Waals surface area contributed by atoms with E-state index in [1.54, 1.807) is 7.11 Å². The number of nitrogens with zero attached hydrogens (tertiary/aromatic N) is 1. The molecular formula is C17H30IN3OS. The van der Waals surface area contributed by atoms with Crippen molar-refractivity contribution in [3.8, 4) is 0 Å². The molecule has 23 heavy (non-hydrogen) atoms. The maximum absolute atomic E-state index is 5.17. The number of guanidine groups is 1. The Morgan fingerprint density at radius 1 is 1.22 bits per heavy atom. The normalized spacial score (nSPS) is 11.0. The molecule has 0 saturated heterocycles. The summed E-state index contributed by atoms with van der Waals surface area (Å²) in [6.07, 6.45) is 4.57. The van der Waals surface area contributed by atoms with Gasteiger partial charge >= 0.3 is 0 Å². The molecule has 0 spiro atoms. The van der Waals surface area contributed by atoms with Crippen molar-refractivity contribution >= 4 is 41.7 Å². The lowest BCUT2D eigenvalue weighted by Crippen LogP contribution is -2.37. The van der Waals surface area contributed by atoms with E-state index < -0.39 is 0 Å². The van der Waals surface area contributed by atoms with E-state index in [9.17, 15) is 0 Å². The number of halogens is 1. The molecule has 4 nitrogen and oxygen atoms in total. The summed E-state index contributed by atoms with van der Waals surface area (Å²) in [5.74, 6) is 2.12. The summed E-state index contributed by atoms with van der Waals surface area (Å²) < 4.78 is 5.17. The number of benzene rings is 1. The fourth-order valence-corrected chi connectivity index (χ4v) is 2.57. The van der Waals surface area contributed by atoms with Gasteiger partial charge in [-0.15, -0.1) is 24.0 Å². The first-order valence-electron chi connectivity index (χ1n) is 7.88. The number of nitrogens with one attached hydrogen (secondary N) is 2. The minimum Gasteiger partial charge on any atom is -0.380 e. The van der Waals surface area contributed by atoms with E-state index in [0.29, 0.717) is 13.2 Å². The Bertz CT molecular complexity index is 444. The third-order valence-electron chi connectivity index (χ3n) is 3.13. The Morgan fingerprint density at radius 2 is 2.00 bits per heavy atom. The summed E-state index contributed by atoms with van der Waals surface area (Å²) >= 11 is 1.90. The number of ether oxygens (including phenoxy) is 1. The Morgan fingerprint density at radius 3 is 2.70 bits per heavy atom. The highest BCUT2D eigenvalue weighted by atomic mass is 127. The van der Waals surface area contributed by atoms with Crippen LogP contribution in [0.3, 0.4) is 0 Å². The monoisotopic (exact) mass is 451 g/mol. The molecule has 132 valence electrons. The van der Waals surface area contributed by atoms with Crippen LogP contribution in [0.2, 0.25) is 0 Å². The van der Waals surface area contributed by atoms with Crippen LogP contribution in [0.1, 0.15) is 30.9 Å². The Kier molecular flexibility index (Phi) is 14.8. The first-order valence-corrected chi connectivity index (χ1v) is 9.27. The molecule has 0 aromatic heterocycles. The average Bonchev–Trinajstić information content (AvgIpc) is 2.53. The van der Waals surface area contributed by atoms with Crippen molar-refractivity contribution in [3.05, 3.63) is 35.4 Å². The minimum absolute atomic E-state index is 0. The van der Waals surface area contributed by atoms with Crippen molar-refractivity contribution in [2.45, 2.75) is 32.9 Å². The van der Waals surface area contributed by atoms with Crippen LogP contribution in [0.25, 0.3) is 0 Å². The molecule has 0 amide bonds. The summed E-state index contributed by atoms with van der Waals surface area (Å²) in [6.45, 7) is 5.25. The summed E-state index contributed by atoms with van der Waals surface area (Å²) in [4.78, 5) is 4.65. The number of unbranched alkanes of at least 4 members (excludes halogenated alkanes) is 1. The minimum atomic E-state index is 0. The Labute approximate surface area is 162 Å². The second kappa shape index (κ2) is 15.1. The topological polar surface area (TPSA) is 45.7 Å². The Hall–Kier alpha value is -0.470. The first-order chi connectivity index (χ1) is 10.8. The van der Waals surface area contributed by atoms with Crippen LogP contribution in [0.4, 0.5) is 0 Å². The van der Waals surface area contributed by atoms with Crippen LogP contribution in [0.5, 0.6) is 0 Å². The third kappa shape index (κ3) is 10.8. The van der Waals surface area contributed by atoms with Gasteiger partial charge in [0.15, 0.2) is 5.96 Å². The van der Waals surface area contributed by atoms with E-state index in [4.69, 9.17) is 4.74 Å². The largest absolute Gasteiger partial charge is 0.380 e. The lowest BCUT2D eigenvalue weighted by atomic mass is 10.1. The molecule has 1 aromatic carbocycles. The van der Waals surface area contributed by atoms with Crippen LogP contribution < -0.4 is 10.6 Å². The molecule has 0 aliphatic heterocycles. The standard InChI is InChI=1S/C17H29N3OS.HI/c1-4-18-17(19-10-5-6-11-22-3)20-13-15-8-7-9-16(12-15)14-21-2;/h7-9,12H,4-6,10-11,13-14H2,1-3H3,(H2,18,19,20);1H. The second-order valence-corrected chi connectivity index (χ2v) is 6.06. The van der Waals surface area contributed by atoms with Crippen LogP contribution >= 0.6 is 35.7 Å². The smallest absolute Gasteiger partial charge is 0.191 e. The molecular weight excluding hydrogens is 421 g/mol. The van der Waals surface area contributed by atoms with Gasteiger partial charge in [0.1, 0.15) is 0 Å². The lowest BCUT2D eigenvalue weighted by molar-refractivity contribution is 0.185.